The average Bonchev–Trinajstić information content (AvgIpc) is 2.87. The first kappa shape index (κ1) is 14.0. The fraction of sp³-hybridized carbons (Fsp3) is 0.538. The molecule has 1 aliphatic rings. The lowest BCUT2D eigenvalue weighted by Crippen LogP contribution is -2.50. The maximum absolute atomic E-state index is 12.2. The van der Waals surface area contributed by atoms with Crippen molar-refractivity contribution in [2.45, 2.75) is 32.2 Å². The zero-order valence-electron chi connectivity index (χ0n) is 11.0. The molecule has 0 saturated carbocycles. The number of ether oxygens (including phenoxy) is 1. The Labute approximate surface area is 115 Å². The first-order chi connectivity index (χ1) is 8.92. The molecule has 0 radical (unpaired) electrons. The van der Waals surface area contributed by atoms with E-state index in [-0.39, 0.29) is 18.9 Å². The van der Waals surface area contributed by atoms with Gasteiger partial charge >= 0.3 is 5.97 Å². The molecule has 0 aliphatic carbocycles. The van der Waals surface area contributed by atoms with Crippen LogP contribution < -0.4 is 5.32 Å². The van der Waals surface area contributed by atoms with E-state index < -0.39 is 11.5 Å². The fourth-order valence-corrected chi connectivity index (χ4v) is 3.10. The number of aryl methyl sites for hydroxylation is 2. The molecule has 1 aromatic rings. The van der Waals surface area contributed by atoms with Crippen molar-refractivity contribution in [2.24, 2.45) is 0 Å². The molecule has 1 aliphatic heterocycles. The second kappa shape index (κ2) is 5.30. The molecule has 0 aromatic carbocycles. The van der Waals surface area contributed by atoms with Crippen molar-refractivity contribution in [3.05, 3.63) is 21.4 Å². The lowest BCUT2D eigenvalue weighted by Gasteiger charge is -2.26. The number of thiophene rings is 1. The van der Waals surface area contributed by atoms with Gasteiger partial charge in [-0.2, -0.15) is 0 Å². The van der Waals surface area contributed by atoms with E-state index in [1.54, 1.807) is 0 Å². The summed E-state index contributed by atoms with van der Waals surface area (Å²) in [5.74, 6) is -1.14. The van der Waals surface area contributed by atoms with Gasteiger partial charge < -0.3 is 15.2 Å². The number of hydrogen-bond acceptors (Lipinski definition) is 4. The monoisotopic (exact) mass is 283 g/mol. The fourth-order valence-electron chi connectivity index (χ4n) is 2.17. The predicted molar refractivity (Wildman–Crippen MR) is 71.7 cm³/mol. The van der Waals surface area contributed by atoms with Gasteiger partial charge in [0.05, 0.1) is 23.4 Å². The van der Waals surface area contributed by atoms with Crippen LogP contribution in [-0.2, 0) is 9.53 Å². The number of carbonyl (C=O) groups excluding carboxylic acids is 1. The van der Waals surface area contributed by atoms with E-state index in [0.29, 0.717) is 17.9 Å². The first-order valence-corrected chi connectivity index (χ1v) is 6.93. The quantitative estimate of drug-likeness (QED) is 0.882. The molecule has 2 heterocycles. The van der Waals surface area contributed by atoms with Crippen molar-refractivity contribution >= 4 is 23.2 Å². The van der Waals surface area contributed by atoms with Crippen LogP contribution in [0.1, 0.15) is 33.0 Å². The van der Waals surface area contributed by atoms with Crippen LogP contribution in [0.15, 0.2) is 6.07 Å². The van der Waals surface area contributed by atoms with Crippen molar-refractivity contribution in [3.63, 3.8) is 0 Å². The van der Waals surface area contributed by atoms with E-state index in [9.17, 15) is 9.59 Å². The average molecular weight is 283 g/mol. The zero-order chi connectivity index (χ0) is 14.0. The lowest BCUT2D eigenvalue weighted by molar-refractivity contribution is -0.138. The van der Waals surface area contributed by atoms with Crippen molar-refractivity contribution in [1.29, 1.82) is 0 Å². The number of hydrogen-bond donors (Lipinski definition) is 2. The van der Waals surface area contributed by atoms with Gasteiger partial charge in [-0.1, -0.05) is 0 Å². The maximum Gasteiger partial charge on any atom is 0.305 e. The molecule has 1 unspecified atom stereocenters. The molecule has 1 fully saturated rings. The number of rotatable bonds is 4. The Morgan fingerprint density at radius 1 is 1.53 bits per heavy atom. The van der Waals surface area contributed by atoms with E-state index in [1.807, 2.05) is 19.9 Å². The molecule has 2 rings (SSSR count). The van der Waals surface area contributed by atoms with Gasteiger partial charge in [-0.25, -0.2) is 0 Å². The molecule has 0 bridgehead atoms. The third-order valence-electron chi connectivity index (χ3n) is 3.36. The SMILES string of the molecule is Cc1cc(C(=O)NC2(CC(=O)O)CCOC2)sc1C. The standard InChI is InChI=1S/C13H17NO4S/c1-8-5-10(19-9(8)2)12(17)14-13(6-11(15)16)3-4-18-7-13/h5H,3-4,6-7H2,1-2H3,(H,14,17)(H,15,16). The summed E-state index contributed by atoms with van der Waals surface area (Å²) >= 11 is 1.42. The van der Waals surface area contributed by atoms with Gasteiger partial charge in [-0.05, 0) is 31.9 Å². The summed E-state index contributed by atoms with van der Waals surface area (Å²) in [4.78, 5) is 24.9. The van der Waals surface area contributed by atoms with Crippen molar-refractivity contribution in [3.8, 4) is 0 Å². The summed E-state index contributed by atoms with van der Waals surface area (Å²) in [6.45, 7) is 4.65. The molecule has 104 valence electrons. The maximum atomic E-state index is 12.2. The number of amides is 1. The van der Waals surface area contributed by atoms with Crippen LogP contribution in [0.25, 0.3) is 0 Å². The van der Waals surface area contributed by atoms with Crippen LogP contribution in [0.5, 0.6) is 0 Å². The van der Waals surface area contributed by atoms with E-state index in [1.165, 1.54) is 11.3 Å². The highest BCUT2D eigenvalue weighted by Crippen LogP contribution is 2.25. The summed E-state index contributed by atoms with van der Waals surface area (Å²) in [5, 5.41) is 11.8. The van der Waals surface area contributed by atoms with Gasteiger partial charge in [0.15, 0.2) is 0 Å². The van der Waals surface area contributed by atoms with E-state index in [0.717, 1.165) is 10.4 Å². The minimum Gasteiger partial charge on any atom is -0.481 e. The van der Waals surface area contributed by atoms with Crippen molar-refractivity contribution < 1.29 is 19.4 Å². The topological polar surface area (TPSA) is 75.6 Å². The Kier molecular flexibility index (Phi) is 3.91. The largest absolute Gasteiger partial charge is 0.481 e. The number of carboxylic acid groups (broad SMARTS) is 1. The molecule has 0 spiro atoms. The number of aliphatic carboxylic acids is 1. The van der Waals surface area contributed by atoms with Gasteiger partial charge in [0.2, 0.25) is 0 Å². The number of carboxylic acids is 1. The van der Waals surface area contributed by atoms with Gasteiger partial charge in [0.1, 0.15) is 0 Å². The molecule has 2 N–H and O–H groups in total. The van der Waals surface area contributed by atoms with Gasteiger partial charge in [-0.3, -0.25) is 9.59 Å². The van der Waals surface area contributed by atoms with Crippen LogP contribution in [0, 0.1) is 13.8 Å². The molecule has 6 heteroatoms. The lowest BCUT2D eigenvalue weighted by atomic mass is 9.94. The molecule has 19 heavy (non-hydrogen) atoms. The van der Waals surface area contributed by atoms with Crippen LogP contribution in [0.2, 0.25) is 0 Å². The zero-order valence-corrected chi connectivity index (χ0v) is 11.8. The van der Waals surface area contributed by atoms with Crippen LogP contribution in [-0.4, -0.2) is 35.7 Å². The summed E-state index contributed by atoms with van der Waals surface area (Å²) < 4.78 is 5.25. The Bertz CT molecular complexity index is 483. The Morgan fingerprint density at radius 2 is 2.26 bits per heavy atom. The molecule has 5 nitrogen and oxygen atoms in total. The minimum absolute atomic E-state index is 0.109. The second-order valence-corrected chi connectivity index (χ2v) is 6.21. The van der Waals surface area contributed by atoms with Crippen LogP contribution >= 0.6 is 11.3 Å². The smallest absolute Gasteiger partial charge is 0.305 e. The molecule has 1 atom stereocenters. The summed E-state index contributed by atoms with van der Waals surface area (Å²) in [6, 6.07) is 1.83. The highest BCUT2D eigenvalue weighted by molar-refractivity contribution is 7.14. The van der Waals surface area contributed by atoms with Gasteiger partial charge in [-0.15, -0.1) is 11.3 Å². The van der Waals surface area contributed by atoms with Crippen LogP contribution in [0.3, 0.4) is 0 Å². The van der Waals surface area contributed by atoms with Crippen molar-refractivity contribution in [2.75, 3.05) is 13.2 Å². The minimum atomic E-state index is -0.927. The number of carbonyl (C=O) groups is 2. The van der Waals surface area contributed by atoms with E-state index in [4.69, 9.17) is 9.84 Å². The molecule has 1 aromatic heterocycles. The van der Waals surface area contributed by atoms with Crippen LogP contribution in [0.4, 0.5) is 0 Å². The Balaban J connectivity index is 2.13. The summed E-state index contributed by atoms with van der Waals surface area (Å²) in [6.07, 6.45) is 0.427. The second-order valence-electron chi connectivity index (χ2n) is 4.96. The summed E-state index contributed by atoms with van der Waals surface area (Å²) in [5.41, 5.74) is 0.305. The Hall–Kier alpha value is -1.40. The van der Waals surface area contributed by atoms with Gasteiger partial charge in [0, 0.05) is 11.5 Å². The molecular formula is C13H17NO4S. The highest BCUT2D eigenvalue weighted by atomic mass is 32.1. The predicted octanol–water partition coefficient (Wildman–Crippen LogP) is 1.73. The van der Waals surface area contributed by atoms with Gasteiger partial charge in [0.25, 0.3) is 5.91 Å². The first-order valence-electron chi connectivity index (χ1n) is 6.11. The van der Waals surface area contributed by atoms with E-state index in [2.05, 4.69) is 5.32 Å². The number of nitrogens with one attached hydrogen (secondary N) is 1. The molecular weight excluding hydrogens is 266 g/mol. The summed E-state index contributed by atoms with van der Waals surface area (Å²) in [7, 11) is 0. The van der Waals surface area contributed by atoms with Crippen molar-refractivity contribution in [1.82, 2.24) is 5.32 Å². The third-order valence-corrected chi connectivity index (χ3v) is 4.51. The normalized spacial score (nSPS) is 22.4. The molecule has 1 saturated heterocycles. The Morgan fingerprint density at radius 3 is 2.74 bits per heavy atom. The molecule has 1 amide bonds. The third kappa shape index (κ3) is 3.13. The highest BCUT2D eigenvalue weighted by Gasteiger charge is 2.39. The van der Waals surface area contributed by atoms with E-state index >= 15 is 0 Å².